The van der Waals surface area contributed by atoms with Gasteiger partial charge in [0.2, 0.25) is 5.91 Å². The third-order valence-corrected chi connectivity index (χ3v) is 8.36. The summed E-state index contributed by atoms with van der Waals surface area (Å²) in [7, 11) is 1.89. The Hall–Kier alpha value is -2.83. The summed E-state index contributed by atoms with van der Waals surface area (Å²) < 4.78 is 7.64. The van der Waals surface area contributed by atoms with Crippen LogP contribution in [0.4, 0.5) is 5.00 Å². The molecule has 9 heteroatoms. The SMILES string of the molecule is CCC1CCc2c(sc(NC(=O)CSc3nnc(-c4ccc(OCC(C)C)cc4)n3C)c2C#N)C1. The predicted octanol–water partition coefficient (Wildman–Crippen LogP) is 5.70. The van der Waals surface area contributed by atoms with Crippen LogP contribution in [0.5, 0.6) is 5.75 Å². The molecule has 1 aliphatic rings. The first-order chi connectivity index (χ1) is 16.9. The van der Waals surface area contributed by atoms with E-state index < -0.39 is 0 Å². The lowest BCUT2D eigenvalue weighted by molar-refractivity contribution is -0.113. The number of anilines is 1. The van der Waals surface area contributed by atoms with Gasteiger partial charge < -0.3 is 14.6 Å². The maximum absolute atomic E-state index is 12.7. The fraction of sp³-hybridized carbons (Fsp3) is 0.462. The van der Waals surface area contributed by atoms with Crippen molar-refractivity contribution in [3.05, 3.63) is 40.3 Å². The number of nitrogens with zero attached hydrogens (tertiary/aromatic N) is 4. The van der Waals surface area contributed by atoms with Gasteiger partial charge in [-0.1, -0.05) is 39.0 Å². The van der Waals surface area contributed by atoms with Crippen molar-refractivity contribution in [1.29, 1.82) is 5.26 Å². The number of aromatic nitrogens is 3. The van der Waals surface area contributed by atoms with Gasteiger partial charge in [0, 0.05) is 17.5 Å². The zero-order valence-corrected chi connectivity index (χ0v) is 22.3. The van der Waals surface area contributed by atoms with Crippen LogP contribution in [0.25, 0.3) is 11.4 Å². The van der Waals surface area contributed by atoms with Crippen molar-refractivity contribution in [2.45, 2.75) is 51.6 Å². The van der Waals surface area contributed by atoms with Gasteiger partial charge in [-0.05, 0) is 60.9 Å². The molecule has 3 aromatic rings. The molecule has 4 rings (SSSR count). The summed E-state index contributed by atoms with van der Waals surface area (Å²) in [6.07, 6.45) is 4.18. The van der Waals surface area contributed by atoms with Crippen LogP contribution in [0.15, 0.2) is 29.4 Å². The lowest BCUT2D eigenvalue weighted by Gasteiger charge is -2.20. The highest BCUT2D eigenvalue weighted by Gasteiger charge is 2.26. The zero-order valence-electron chi connectivity index (χ0n) is 20.6. The van der Waals surface area contributed by atoms with Crippen LogP contribution in [0, 0.1) is 23.2 Å². The maximum atomic E-state index is 12.7. The van der Waals surface area contributed by atoms with Crippen LogP contribution >= 0.6 is 23.1 Å². The van der Waals surface area contributed by atoms with Crippen LogP contribution < -0.4 is 10.1 Å². The normalized spacial score (nSPS) is 15.0. The minimum absolute atomic E-state index is 0.145. The van der Waals surface area contributed by atoms with Crippen molar-refractivity contribution in [3.8, 4) is 23.2 Å². The Balaban J connectivity index is 1.37. The van der Waals surface area contributed by atoms with E-state index in [-0.39, 0.29) is 11.7 Å². The summed E-state index contributed by atoms with van der Waals surface area (Å²) in [6.45, 7) is 7.12. The highest BCUT2D eigenvalue weighted by molar-refractivity contribution is 7.99. The van der Waals surface area contributed by atoms with Gasteiger partial charge >= 0.3 is 0 Å². The van der Waals surface area contributed by atoms with Gasteiger partial charge in [-0.2, -0.15) is 5.26 Å². The fourth-order valence-electron chi connectivity index (χ4n) is 4.16. The van der Waals surface area contributed by atoms with Crippen LogP contribution in [-0.4, -0.2) is 33.0 Å². The molecule has 0 aliphatic heterocycles. The van der Waals surface area contributed by atoms with Crippen LogP contribution in [0.1, 0.15) is 49.6 Å². The second-order valence-electron chi connectivity index (χ2n) is 9.27. The van der Waals surface area contributed by atoms with Crippen molar-refractivity contribution >= 4 is 34.0 Å². The van der Waals surface area contributed by atoms with E-state index in [4.69, 9.17) is 4.74 Å². The Kier molecular flexibility index (Phi) is 8.14. The molecule has 1 amide bonds. The molecule has 1 unspecified atom stereocenters. The second-order valence-corrected chi connectivity index (χ2v) is 11.3. The molecule has 1 aromatic carbocycles. The van der Waals surface area contributed by atoms with Gasteiger partial charge in [0.05, 0.1) is 17.9 Å². The molecular formula is C26H31N5O2S2. The highest BCUT2D eigenvalue weighted by atomic mass is 32.2. The molecule has 1 atom stereocenters. The van der Waals surface area contributed by atoms with Gasteiger partial charge in [-0.15, -0.1) is 21.5 Å². The van der Waals surface area contributed by atoms with Gasteiger partial charge in [0.1, 0.15) is 16.8 Å². The third kappa shape index (κ3) is 5.88. The first kappa shape index (κ1) is 25.3. The Morgan fingerprint density at radius 3 is 2.80 bits per heavy atom. The molecule has 2 heterocycles. The van der Waals surface area contributed by atoms with Gasteiger partial charge in [0.25, 0.3) is 0 Å². The Morgan fingerprint density at radius 2 is 2.11 bits per heavy atom. The summed E-state index contributed by atoms with van der Waals surface area (Å²) in [5.74, 6) is 2.74. The van der Waals surface area contributed by atoms with E-state index in [1.807, 2.05) is 35.9 Å². The summed E-state index contributed by atoms with van der Waals surface area (Å²) in [5, 5.41) is 22.6. The van der Waals surface area contributed by atoms with Gasteiger partial charge in [-0.25, -0.2) is 0 Å². The van der Waals surface area contributed by atoms with Crippen LogP contribution in [0.3, 0.4) is 0 Å². The van der Waals surface area contributed by atoms with Gasteiger partial charge in [-0.3, -0.25) is 4.79 Å². The lowest BCUT2D eigenvalue weighted by atomic mass is 9.86. The van der Waals surface area contributed by atoms with E-state index in [0.29, 0.717) is 34.2 Å². The smallest absolute Gasteiger partial charge is 0.235 e. The second kappa shape index (κ2) is 11.3. The number of benzene rings is 1. The number of ether oxygens (including phenoxy) is 1. The average Bonchev–Trinajstić information content (AvgIpc) is 3.40. The number of thioether (sulfide) groups is 1. The van der Waals surface area contributed by atoms with E-state index in [2.05, 4.69) is 42.4 Å². The summed E-state index contributed by atoms with van der Waals surface area (Å²) >= 11 is 2.89. The Bertz CT molecular complexity index is 1220. The quantitative estimate of drug-likeness (QED) is 0.372. The minimum atomic E-state index is -0.145. The molecule has 0 bridgehead atoms. The predicted molar refractivity (Wildman–Crippen MR) is 141 cm³/mol. The number of thiophene rings is 1. The van der Waals surface area contributed by atoms with E-state index in [1.165, 1.54) is 16.6 Å². The largest absolute Gasteiger partial charge is 0.493 e. The van der Waals surface area contributed by atoms with E-state index in [9.17, 15) is 10.1 Å². The molecule has 184 valence electrons. The first-order valence-electron chi connectivity index (χ1n) is 12.0. The number of carbonyl (C=O) groups is 1. The monoisotopic (exact) mass is 509 g/mol. The molecule has 1 N–H and O–H groups in total. The molecule has 0 spiro atoms. The topological polar surface area (TPSA) is 92.8 Å². The molecule has 1 aliphatic carbocycles. The number of nitrogens with one attached hydrogen (secondary N) is 1. The number of hydrogen-bond acceptors (Lipinski definition) is 7. The summed E-state index contributed by atoms with van der Waals surface area (Å²) in [5.41, 5.74) is 2.70. The number of carbonyl (C=O) groups excluding carboxylic acids is 1. The van der Waals surface area contributed by atoms with E-state index >= 15 is 0 Å². The van der Waals surface area contributed by atoms with Crippen molar-refractivity contribution in [1.82, 2.24) is 14.8 Å². The number of hydrogen-bond donors (Lipinski definition) is 1. The zero-order chi connectivity index (χ0) is 24.9. The summed E-state index contributed by atoms with van der Waals surface area (Å²) in [4.78, 5) is 14.0. The summed E-state index contributed by atoms with van der Waals surface area (Å²) in [6, 6.07) is 10.1. The van der Waals surface area contributed by atoms with Crippen LogP contribution in [0.2, 0.25) is 0 Å². The Labute approximate surface area is 214 Å². The standard InChI is InChI=1S/C26H31N5O2S2/c1-5-17-6-11-20-21(13-27)25(35-22(20)12-17)28-23(32)15-34-26-30-29-24(31(26)4)18-7-9-19(10-8-18)33-14-16(2)3/h7-10,16-17H,5-6,11-12,14-15H2,1-4H3,(H,28,32). The number of amides is 1. The molecule has 0 saturated heterocycles. The Morgan fingerprint density at radius 1 is 1.34 bits per heavy atom. The van der Waals surface area contributed by atoms with E-state index in [0.717, 1.165) is 48.4 Å². The number of fused-ring (bicyclic) bond motifs is 1. The fourth-order valence-corrected chi connectivity index (χ4v) is 6.20. The molecular weight excluding hydrogens is 478 g/mol. The third-order valence-electron chi connectivity index (χ3n) is 6.17. The molecule has 2 aromatic heterocycles. The van der Waals surface area contributed by atoms with Gasteiger partial charge in [0.15, 0.2) is 11.0 Å². The maximum Gasteiger partial charge on any atom is 0.235 e. The number of rotatable bonds is 9. The average molecular weight is 510 g/mol. The minimum Gasteiger partial charge on any atom is -0.493 e. The molecule has 0 saturated carbocycles. The van der Waals surface area contributed by atoms with E-state index in [1.54, 1.807) is 11.3 Å². The molecule has 35 heavy (non-hydrogen) atoms. The number of nitriles is 1. The van der Waals surface area contributed by atoms with Crippen LogP contribution in [-0.2, 0) is 24.7 Å². The lowest BCUT2D eigenvalue weighted by Crippen LogP contribution is -2.14. The molecule has 7 nitrogen and oxygen atoms in total. The van der Waals surface area contributed by atoms with Crippen molar-refractivity contribution < 1.29 is 9.53 Å². The molecule has 0 radical (unpaired) electrons. The first-order valence-corrected chi connectivity index (χ1v) is 13.8. The van der Waals surface area contributed by atoms with Crippen molar-refractivity contribution in [2.75, 3.05) is 17.7 Å². The van der Waals surface area contributed by atoms with Crippen molar-refractivity contribution in [2.24, 2.45) is 18.9 Å². The highest BCUT2D eigenvalue weighted by Crippen LogP contribution is 2.40. The molecule has 0 fully saturated rings. The van der Waals surface area contributed by atoms with Crippen molar-refractivity contribution in [3.63, 3.8) is 0 Å².